The van der Waals surface area contributed by atoms with Gasteiger partial charge in [-0.1, -0.05) is 48.5 Å². The van der Waals surface area contributed by atoms with Crippen molar-refractivity contribution in [3.63, 3.8) is 0 Å². The van der Waals surface area contributed by atoms with Gasteiger partial charge >= 0.3 is 5.97 Å². The number of hydrogen-bond donors (Lipinski definition) is 3. The van der Waals surface area contributed by atoms with Crippen LogP contribution in [-0.4, -0.2) is 125 Å². The maximum absolute atomic E-state index is 12.4. The summed E-state index contributed by atoms with van der Waals surface area (Å²) in [4.78, 5) is 12.4. The highest BCUT2D eigenvalue weighted by atomic mass is 16.8. The average molecular weight is 881 g/mol. The first-order valence-corrected chi connectivity index (χ1v) is 24.4. The molecule has 0 aromatic heterocycles. The second-order valence-electron chi connectivity index (χ2n) is 22.3. The molecule has 1 aliphatic carbocycles. The predicted octanol–water partition coefficient (Wildman–Crippen LogP) is 7.50. The molecule has 0 bridgehead atoms. The van der Waals surface area contributed by atoms with Crippen LogP contribution in [0.1, 0.15) is 147 Å². The quantitative estimate of drug-likeness (QED) is 0.187. The Labute approximate surface area is 372 Å². The fourth-order valence-electron chi connectivity index (χ4n) is 13.6. The van der Waals surface area contributed by atoms with Gasteiger partial charge in [0.1, 0.15) is 11.5 Å². The molecule has 24 atom stereocenters. The Morgan fingerprint density at radius 1 is 0.742 bits per heavy atom. The van der Waals surface area contributed by atoms with Crippen LogP contribution in [0.15, 0.2) is 0 Å². The van der Waals surface area contributed by atoms with Crippen molar-refractivity contribution in [1.29, 1.82) is 0 Å². The summed E-state index contributed by atoms with van der Waals surface area (Å²) in [6, 6.07) is 0. The molecular formula is C49H84O13. The lowest BCUT2D eigenvalue weighted by Gasteiger charge is -2.57. The molecule has 6 heterocycles. The number of carboxylic acids is 1. The van der Waals surface area contributed by atoms with Crippen molar-refractivity contribution in [2.75, 3.05) is 14.2 Å². The van der Waals surface area contributed by atoms with Crippen molar-refractivity contribution in [2.24, 2.45) is 53.3 Å². The molecule has 0 aromatic rings. The van der Waals surface area contributed by atoms with Gasteiger partial charge < -0.3 is 58.0 Å². The Balaban J connectivity index is 1.16. The van der Waals surface area contributed by atoms with E-state index in [1.165, 1.54) is 6.92 Å². The summed E-state index contributed by atoms with van der Waals surface area (Å²) >= 11 is 0. The molecule has 1 spiro atoms. The van der Waals surface area contributed by atoms with E-state index in [9.17, 15) is 20.1 Å². The number of aliphatic carboxylic acids is 1. The number of ether oxygens (including phenoxy) is 9. The standard InChI is InChI=1S/C49H84O13/c1-25-15-20-41(56-33(25)9)59-43-31(7)49(62-47(43,12)40-19-18-38(58-40)37-17-16-36(57-37)35-24-45(10,52)27(3)21-26(35)2)28(4)39(54-13)22-34(60-49)23-46(11)29(5)42(55-14)30(6)48(53,61-46)32(8)44(50)51/h25-43,52-53H,15-24H2,1-14H3,(H,50,51)/t25-,26?,27+,28+,29-,30-,31+,32-,33+,34?,35?,36+,37+,38-,39+,40?,41-,42+,43-,45-,46-,47+,48-,49-/m0/s1. The van der Waals surface area contributed by atoms with E-state index in [1.54, 1.807) is 21.1 Å². The summed E-state index contributed by atoms with van der Waals surface area (Å²) in [6.07, 6.45) is 5.55. The largest absolute Gasteiger partial charge is 0.481 e. The second-order valence-corrected chi connectivity index (χ2v) is 22.3. The molecule has 13 heteroatoms. The van der Waals surface area contributed by atoms with Crippen LogP contribution in [0.3, 0.4) is 0 Å². The van der Waals surface area contributed by atoms with E-state index < -0.39 is 70.8 Å². The average Bonchev–Trinajstić information content (AvgIpc) is 3.95. The Hall–Kier alpha value is -0.970. The first kappa shape index (κ1) is 48.9. The van der Waals surface area contributed by atoms with Gasteiger partial charge in [0, 0.05) is 50.7 Å². The van der Waals surface area contributed by atoms with E-state index in [-0.39, 0.29) is 60.3 Å². The van der Waals surface area contributed by atoms with Crippen LogP contribution < -0.4 is 0 Å². The molecule has 4 unspecified atom stereocenters. The maximum atomic E-state index is 12.4. The van der Waals surface area contributed by atoms with E-state index >= 15 is 0 Å². The lowest BCUT2D eigenvalue weighted by Crippen LogP contribution is -2.67. The monoisotopic (exact) mass is 881 g/mol. The summed E-state index contributed by atoms with van der Waals surface area (Å²) in [5.41, 5.74) is -2.66. The number of aliphatic hydroxyl groups is 2. The third kappa shape index (κ3) is 8.49. The molecular weight excluding hydrogens is 797 g/mol. The molecule has 7 rings (SSSR count). The number of carboxylic acid groups (broad SMARTS) is 1. The summed E-state index contributed by atoms with van der Waals surface area (Å²) in [5, 5.41) is 33.4. The van der Waals surface area contributed by atoms with Gasteiger partial charge in [0.15, 0.2) is 17.9 Å². The molecule has 0 amide bonds. The molecule has 13 nitrogen and oxygen atoms in total. The summed E-state index contributed by atoms with van der Waals surface area (Å²) in [7, 11) is 3.33. The number of hydrogen-bond acceptors (Lipinski definition) is 12. The molecule has 6 aliphatic heterocycles. The van der Waals surface area contributed by atoms with Gasteiger partial charge in [0.2, 0.25) is 0 Å². The Morgan fingerprint density at radius 3 is 2.05 bits per heavy atom. The lowest BCUT2D eigenvalue weighted by atomic mass is 9.65. The molecule has 3 N–H and O–H groups in total. The molecule has 7 aliphatic rings. The molecule has 0 aromatic carbocycles. The lowest BCUT2D eigenvalue weighted by molar-refractivity contribution is -0.383. The molecule has 62 heavy (non-hydrogen) atoms. The van der Waals surface area contributed by atoms with Crippen LogP contribution in [0.25, 0.3) is 0 Å². The number of rotatable bonds is 11. The van der Waals surface area contributed by atoms with Gasteiger partial charge in [0.05, 0.1) is 66.1 Å². The minimum Gasteiger partial charge on any atom is -0.481 e. The fraction of sp³-hybridized carbons (Fsp3) is 0.980. The zero-order valence-electron chi connectivity index (χ0n) is 40.5. The van der Waals surface area contributed by atoms with Crippen molar-refractivity contribution in [3.8, 4) is 0 Å². The molecule has 358 valence electrons. The van der Waals surface area contributed by atoms with Crippen molar-refractivity contribution < 1.29 is 62.7 Å². The smallest absolute Gasteiger partial charge is 0.311 e. The topological polar surface area (TPSA) is 161 Å². The van der Waals surface area contributed by atoms with Crippen molar-refractivity contribution in [2.45, 2.75) is 237 Å². The Bertz CT molecular complexity index is 1560. The molecule has 7 fully saturated rings. The van der Waals surface area contributed by atoms with E-state index in [4.69, 9.17) is 42.6 Å². The normalized spacial score (nSPS) is 55.4. The van der Waals surface area contributed by atoms with Crippen LogP contribution >= 0.6 is 0 Å². The van der Waals surface area contributed by atoms with E-state index in [0.717, 1.165) is 51.4 Å². The Morgan fingerprint density at radius 2 is 1.40 bits per heavy atom. The van der Waals surface area contributed by atoms with Gasteiger partial charge in [-0.15, -0.1) is 0 Å². The SMILES string of the molecule is CO[C@H]1[C@H](C)[C@@](O)([C@@H](C)C(=O)O)O[C@@](C)(CC2C[C@@H](OC)[C@@H](C)[C@]3(O2)O[C@](C)(C2CC[C@@H]([C@H]4CC[C@H](C5C[C@](C)(O)[C@H](C)CC5C)O4)O2)[C@@H](O[C@H]2CC[C@H](C)[C@@H](C)O2)[C@H]3C)[C@H]1C. The second kappa shape index (κ2) is 17.9. The van der Waals surface area contributed by atoms with E-state index in [2.05, 4.69) is 48.5 Å². The number of methoxy groups -OCH3 is 2. The van der Waals surface area contributed by atoms with Crippen LogP contribution in [0.5, 0.6) is 0 Å². The Kier molecular flexibility index (Phi) is 14.2. The highest BCUT2D eigenvalue weighted by Crippen LogP contribution is 2.58. The molecule has 0 radical (unpaired) electrons. The van der Waals surface area contributed by atoms with Crippen LogP contribution in [0, 0.1) is 53.3 Å². The zero-order chi connectivity index (χ0) is 45.5. The minimum atomic E-state index is -1.98. The van der Waals surface area contributed by atoms with Crippen LogP contribution in [0.4, 0.5) is 0 Å². The zero-order valence-corrected chi connectivity index (χ0v) is 40.5. The van der Waals surface area contributed by atoms with E-state index in [1.807, 2.05) is 20.8 Å². The van der Waals surface area contributed by atoms with E-state index in [0.29, 0.717) is 30.6 Å². The first-order valence-electron chi connectivity index (χ1n) is 24.4. The summed E-state index contributed by atoms with van der Waals surface area (Å²) in [5.74, 6) is -5.33. The van der Waals surface area contributed by atoms with Crippen molar-refractivity contribution in [1.82, 2.24) is 0 Å². The van der Waals surface area contributed by atoms with Gasteiger partial charge in [0.25, 0.3) is 0 Å². The van der Waals surface area contributed by atoms with Gasteiger partial charge in [-0.05, 0) is 110 Å². The molecule has 1 saturated carbocycles. The third-order valence-electron chi connectivity index (χ3n) is 18.4. The van der Waals surface area contributed by atoms with Gasteiger partial charge in [-0.2, -0.15) is 0 Å². The summed E-state index contributed by atoms with van der Waals surface area (Å²) in [6.45, 7) is 24.5. The highest BCUT2D eigenvalue weighted by Gasteiger charge is 2.70. The van der Waals surface area contributed by atoms with Gasteiger partial charge in [-0.25, -0.2) is 0 Å². The summed E-state index contributed by atoms with van der Waals surface area (Å²) < 4.78 is 61.6. The minimum absolute atomic E-state index is 0.0345. The van der Waals surface area contributed by atoms with Crippen molar-refractivity contribution >= 4 is 5.97 Å². The van der Waals surface area contributed by atoms with Crippen molar-refractivity contribution in [3.05, 3.63) is 0 Å². The maximum Gasteiger partial charge on any atom is 0.311 e. The predicted molar refractivity (Wildman–Crippen MR) is 231 cm³/mol. The van der Waals surface area contributed by atoms with Crippen LogP contribution in [0.2, 0.25) is 0 Å². The highest BCUT2D eigenvalue weighted by molar-refractivity contribution is 5.70. The first-order chi connectivity index (χ1) is 28.9. The fourth-order valence-corrected chi connectivity index (χ4v) is 13.6. The third-order valence-corrected chi connectivity index (χ3v) is 18.4. The van der Waals surface area contributed by atoms with Crippen LogP contribution in [-0.2, 0) is 47.4 Å². The molecule has 6 saturated heterocycles. The number of carbonyl (C=O) groups is 1. The van der Waals surface area contributed by atoms with Gasteiger partial charge in [-0.3, -0.25) is 4.79 Å².